The molecule has 0 aliphatic carbocycles. The van der Waals surface area contributed by atoms with Crippen LogP contribution in [0.4, 0.5) is 17.1 Å². The number of methoxy groups -OCH3 is 1. The fourth-order valence-electron chi connectivity index (χ4n) is 3.54. The smallest absolute Gasteiger partial charge is 0.273 e. The number of hydrazone groups is 1. The largest absolute Gasteiger partial charge is 0.495 e. The van der Waals surface area contributed by atoms with E-state index in [1.807, 2.05) is 31.1 Å². The minimum Gasteiger partial charge on any atom is -0.495 e. The average molecular weight is 639 g/mol. The second-order valence-corrected chi connectivity index (χ2v) is 11.6. The summed E-state index contributed by atoms with van der Waals surface area (Å²) in [5.41, 5.74) is 3.82. The number of halogens is 2. The normalized spacial score (nSPS) is 11.3. The van der Waals surface area contributed by atoms with Crippen molar-refractivity contribution in [1.29, 1.82) is 0 Å². The maximum Gasteiger partial charge on any atom is 0.273 e. The van der Waals surface area contributed by atoms with Crippen LogP contribution in [0, 0.1) is 17.0 Å². The van der Waals surface area contributed by atoms with Crippen LogP contribution >= 0.6 is 27.5 Å². The number of carbonyl (C=O) groups is 1. The Kier molecular flexibility index (Phi) is 9.54. The summed E-state index contributed by atoms with van der Waals surface area (Å²) in [5, 5.41) is 15.6. The highest BCUT2D eigenvalue weighted by Gasteiger charge is 2.31. The molecule has 39 heavy (non-hydrogen) atoms. The van der Waals surface area contributed by atoms with Gasteiger partial charge in [-0.05, 0) is 64.8 Å². The van der Waals surface area contributed by atoms with Gasteiger partial charge >= 0.3 is 0 Å². The predicted octanol–water partition coefficient (Wildman–Crippen LogP) is 4.74. The summed E-state index contributed by atoms with van der Waals surface area (Å²) in [6, 6.07) is 13.2. The molecule has 0 radical (unpaired) electrons. The number of hydrogen-bond acceptors (Lipinski definition) is 8. The van der Waals surface area contributed by atoms with E-state index in [0.29, 0.717) is 5.56 Å². The van der Waals surface area contributed by atoms with Crippen molar-refractivity contribution in [3.8, 4) is 5.75 Å². The summed E-state index contributed by atoms with van der Waals surface area (Å²) in [5.74, 6) is -0.658. The number of nitrogens with one attached hydrogen (secondary N) is 1. The Morgan fingerprint density at radius 2 is 1.87 bits per heavy atom. The first-order chi connectivity index (χ1) is 18.3. The van der Waals surface area contributed by atoms with E-state index in [1.54, 1.807) is 6.07 Å². The van der Waals surface area contributed by atoms with Crippen molar-refractivity contribution >= 4 is 66.7 Å². The Hall–Kier alpha value is -3.68. The molecule has 0 spiro atoms. The molecule has 3 rings (SSSR count). The number of nitro benzene ring substituents is 1. The first kappa shape index (κ1) is 29.9. The van der Waals surface area contributed by atoms with Gasteiger partial charge in [0.1, 0.15) is 12.3 Å². The van der Waals surface area contributed by atoms with Crippen molar-refractivity contribution < 1.29 is 22.9 Å². The molecule has 3 aromatic rings. The SMILES string of the molecule is COc1ccc(Cl)cc1N(CC(=O)N/N=C\c1ccc(N(C)C)c(Br)c1)S(=O)(=O)c1ccc(C)c([N+](=O)[O-])c1. The van der Waals surface area contributed by atoms with Crippen LogP contribution in [0.3, 0.4) is 0 Å². The molecule has 11 nitrogen and oxygen atoms in total. The van der Waals surface area contributed by atoms with Gasteiger partial charge in [0.2, 0.25) is 0 Å². The molecule has 0 bridgehead atoms. The molecular formula is C25H25BrClN5O6S. The highest BCUT2D eigenvalue weighted by Crippen LogP contribution is 2.35. The van der Waals surface area contributed by atoms with Crippen molar-refractivity contribution in [1.82, 2.24) is 5.43 Å². The lowest BCUT2D eigenvalue weighted by molar-refractivity contribution is -0.385. The molecular weight excluding hydrogens is 614 g/mol. The molecule has 206 valence electrons. The number of nitrogens with zero attached hydrogens (tertiary/aromatic N) is 4. The summed E-state index contributed by atoms with van der Waals surface area (Å²) < 4.78 is 34.4. The number of hydrogen-bond donors (Lipinski definition) is 1. The van der Waals surface area contributed by atoms with Crippen LogP contribution < -0.4 is 19.4 Å². The zero-order valence-corrected chi connectivity index (χ0v) is 24.5. The van der Waals surface area contributed by atoms with Gasteiger partial charge in [-0.3, -0.25) is 19.2 Å². The molecule has 1 amide bonds. The Labute approximate surface area is 239 Å². The number of carbonyl (C=O) groups excluding carboxylic acids is 1. The van der Waals surface area contributed by atoms with Crippen molar-refractivity contribution in [3.63, 3.8) is 0 Å². The van der Waals surface area contributed by atoms with Gasteiger partial charge in [-0.15, -0.1) is 0 Å². The molecule has 14 heteroatoms. The molecule has 0 aromatic heterocycles. The van der Waals surface area contributed by atoms with Gasteiger partial charge in [0.15, 0.2) is 0 Å². The van der Waals surface area contributed by atoms with Crippen LogP contribution in [0.15, 0.2) is 69.1 Å². The summed E-state index contributed by atoms with van der Waals surface area (Å²) in [6.07, 6.45) is 1.41. The minimum atomic E-state index is -4.50. The highest BCUT2D eigenvalue weighted by molar-refractivity contribution is 9.10. The first-order valence-corrected chi connectivity index (χ1v) is 13.9. The maximum atomic E-state index is 13.7. The molecule has 0 fully saturated rings. The molecule has 0 saturated heterocycles. The summed E-state index contributed by atoms with van der Waals surface area (Å²) in [4.78, 5) is 25.2. The number of aryl methyl sites for hydroxylation is 1. The van der Waals surface area contributed by atoms with E-state index in [2.05, 4.69) is 26.5 Å². The molecule has 0 unspecified atom stereocenters. The van der Waals surface area contributed by atoms with Crippen LogP contribution in [0.5, 0.6) is 5.75 Å². The summed E-state index contributed by atoms with van der Waals surface area (Å²) >= 11 is 9.62. The van der Waals surface area contributed by atoms with Crippen LogP contribution in [0.25, 0.3) is 0 Å². The summed E-state index contributed by atoms with van der Waals surface area (Å²) in [6.45, 7) is 0.769. The molecule has 0 atom stereocenters. The lowest BCUT2D eigenvalue weighted by Crippen LogP contribution is -2.39. The second-order valence-electron chi connectivity index (χ2n) is 8.43. The topological polar surface area (TPSA) is 134 Å². The van der Waals surface area contributed by atoms with Crippen LogP contribution in [-0.2, 0) is 14.8 Å². The lowest BCUT2D eigenvalue weighted by atomic mass is 10.2. The van der Waals surface area contributed by atoms with Crippen LogP contribution in [-0.4, -0.2) is 53.2 Å². The molecule has 3 aromatic carbocycles. The third-order valence-corrected chi connectivity index (χ3v) is 8.14. The van der Waals surface area contributed by atoms with E-state index in [4.69, 9.17) is 16.3 Å². The van der Waals surface area contributed by atoms with E-state index in [1.165, 1.54) is 50.6 Å². The Morgan fingerprint density at radius 1 is 1.15 bits per heavy atom. The van der Waals surface area contributed by atoms with Gasteiger partial charge in [-0.1, -0.05) is 23.7 Å². The van der Waals surface area contributed by atoms with Gasteiger partial charge in [0.05, 0.1) is 34.5 Å². The lowest BCUT2D eigenvalue weighted by Gasteiger charge is -2.25. The van der Waals surface area contributed by atoms with E-state index in [-0.39, 0.29) is 32.6 Å². The van der Waals surface area contributed by atoms with Crippen LogP contribution in [0.1, 0.15) is 11.1 Å². The van der Waals surface area contributed by atoms with E-state index in [0.717, 1.165) is 20.5 Å². The van der Waals surface area contributed by atoms with E-state index in [9.17, 15) is 23.3 Å². The fraction of sp³-hybridized carbons (Fsp3) is 0.200. The Balaban J connectivity index is 1.96. The average Bonchev–Trinajstić information content (AvgIpc) is 2.87. The maximum absolute atomic E-state index is 13.7. The fourth-order valence-corrected chi connectivity index (χ4v) is 5.90. The third-order valence-electron chi connectivity index (χ3n) is 5.52. The molecule has 0 aliphatic heterocycles. The zero-order valence-electron chi connectivity index (χ0n) is 21.4. The third kappa shape index (κ3) is 7.05. The number of amides is 1. The van der Waals surface area contributed by atoms with Crippen LogP contribution in [0.2, 0.25) is 5.02 Å². The zero-order chi connectivity index (χ0) is 28.9. The van der Waals surface area contributed by atoms with Gasteiger partial charge in [0.25, 0.3) is 21.6 Å². The van der Waals surface area contributed by atoms with Gasteiger partial charge in [-0.2, -0.15) is 5.10 Å². The highest BCUT2D eigenvalue weighted by atomic mass is 79.9. The van der Waals surface area contributed by atoms with E-state index >= 15 is 0 Å². The number of benzene rings is 3. The number of sulfonamides is 1. The quantitative estimate of drug-likeness (QED) is 0.193. The molecule has 1 N–H and O–H groups in total. The van der Waals surface area contributed by atoms with Gasteiger partial charge in [0, 0.05) is 35.2 Å². The Morgan fingerprint density at radius 3 is 2.49 bits per heavy atom. The second kappa shape index (κ2) is 12.5. The number of anilines is 2. The molecule has 0 heterocycles. The van der Waals surface area contributed by atoms with E-state index < -0.39 is 27.4 Å². The van der Waals surface area contributed by atoms with Gasteiger partial charge in [-0.25, -0.2) is 13.8 Å². The van der Waals surface area contributed by atoms with Crippen molar-refractivity contribution in [2.45, 2.75) is 11.8 Å². The molecule has 0 saturated carbocycles. The predicted molar refractivity (Wildman–Crippen MR) is 155 cm³/mol. The van der Waals surface area contributed by atoms with Gasteiger partial charge < -0.3 is 9.64 Å². The van der Waals surface area contributed by atoms with Crippen molar-refractivity contribution in [2.75, 3.05) is 37.0 Å². The standard InChI is InChI=1S/C25H25BrClN5O6S/c1-16-5-8-19(13-22(16)32(34)35)39(36,37)31(23-12-18(27)7-10-24(23)38-4)15-25(33)29-28-14-17-6-9-21(30(2)3)20(26)11-17/h5-14H,15H2,1-4H3,(H,29,33)/b28-14-. The number of rotatable bonds is 10. The van der Waals surface area contributed by atoms with Crippen molar-refractivity contribution in [2.24, 2.45) is 5.10 Å². The first-order valence-electron chi connectivity index (χ1n) is 11.2. The number of ether oxygens (including phenoxy) is 1. The molecule has 0 aliphatic rings. The Bertz CT molecular complexity index is 1550. The minimum absolute atomic E-state index is 0.0319. The monoisotopic (exact) mass is 637 g/mol. The summed E-state index contributed by atoms with van der Waals surface area (Å²) in [7, 11) is 0.632. The van der Waals surface area contributed by atoms with Crippen molar-refractivity contribution in [3.05, 3.63) is 85.3 Å². The number of nitro groups is 1.